The minimum atomic E-state index is -1.06. The van der Waals surface area contributed by atoms with E-state index in [1.54, 1.807) is 6.92 Å². The summed E-state index contributed by atoms with van der Waals surface area (Å²) in [5, 5.41) is 24.3. The first-order valence-corrected chi connectivity index (χ1v) is 6.13. The standard InChI is InChI=1S/C15H19NO2/c1-15(18,11-17)10-16-9-13-7-4-6-12-5-2-3-8-14(12)13/h2-8,16-18H,9-11H2,1H3. The molecule has 0 aliphatic carbocycles. The Kier molecular flexibility index (Phi) is 3.97. The van der Waals surface area contributed by atoms with Crippen LogP contribution >= 0.6 is 0 Å². The SMILES string of the molecule is CC(O)(CO)CNCc1cccc2ccccc12. The van der Waals surface area contributed by atoms with Gasteiger partial charge in [-0.15, -0.1) is 0 Å². The molecule has 0 spiro atoms. The van der Waals surface area contributed by atoms with E-state index in [0.29, 0.717) is 13.1 Å². The average Bonchev–Trinajstić information content (AvgIpc) is 2.39. The van der Waals surface area contributed by atoms with Crippen molar-refractivity contribution in [3.8, 4) is 0 Å². The summed E-state index contributed by atoms with van der Waals surface area (Å²) in [5.74, 6) is 0. The van der Waals surface area contributed by atoms with Crippen LogP contribution in [0.2, 0.25) is 0 Å². The van der Waals surface area contributed by atoms with Crippen LogP contribution in [0.1, 0.15) is 12.5 Å². The van der Waals surface area contributed by atoms with E-state index in [-0.39, 0.29) is 6.61 Å². The number of nitrogens with one attached hydrogen (secondary N) is 1. The maximum Gasteiger partial charge on any atom is 0.0972 e. The van der Waals surface area contributed by atoms with E-state index in [0.717, 1.165) is 0 Å². The minimum Gasteiger partial charge on any atom is -0.393 e. The number of aliphatic hydroxyl groups is 2. The number of hydrogen-bond acceptors (Lipinski definition) is 3. The van der Waals surface area contributed by atoms with Gasteiger partial charge >= 0.3 is 0 Å². The van der Waals surface area contributed by atoms with E-state index in [9.17, 15) is 5.11 Å². The molecule has 0 aromatic heterocycles. The summed E-state index contributed by atoms with van der Waals surface area (Å²) >= 11 is 0. The van der Waals surface area contributed by atoms with Crippen molar-refractivity contribution in [3.05, 3.63) is 48.0 Å². The highest BCUT2D eigenvalue weighted by molar-refractivity contribution is 5.85. The van der Waals surface area contributed by atoms with Crippen molar-refractivity contribution in [2.24, 2.45) is 0 Å². The molecule has 3 heteroatoms. The molecule has 0 saturated heterocycles. The zero-order valence-corrected chi connectivity index (χ0v) is 10.6. The molecule has 2 aromatic carbocycles. The van der Waals surface area contributed by atoms with Crippen LogP contribution in [-0.4, -0.2) is 29.0 Å². The van der Waals surface area contributed by atoms with E-state index in [4.69, 9.17) is 5.11 Å². The summed E-state index contributed by atoms with van der Waals surface area (Å²) in [6, 6.07) is 14.4. The van der Waals surface area contributed by atoms with Crippen LogP contribution in [0.4, 0.5) is 0 Å². The molecule has 0 radical (unpaired) electrons. The second-order valence-electron chi connectivity index (χ2n) is 4.90. The van der Waals surface area contributed by atoms with Gasteiger partial charge in [-0.3, -0.25) is 0 Å². The molecule has 3 N–H and O–H groups in total. The smallest absolute Gasteiger partial charge is 0.0972 e. The van der Waals surface area contributed by atoms with Gasteiger partial charge in [0.25, 0.3) is 0 Å². The zero-order valence-electron chi connectivity index (χ0n) is 10.6. The predicted octanol–water partition coefficient (Wildman–Crippen LogP) is 1.67. The molecule has 0 amide bonds. The number of benzene rings is 2. The molecular weight excluding hydrogens is 226 g/mol. The summed E-state index contributed by atoms with van der Waals surface area (Å²) in [4.78, 5) is 0. The summed E-state index contributed by atoms with van der Waals surface area (Å²) in [5.41, 5.74) is 0.131. The van der Waals surface area contributed by atoms with Crippen LogP contribution in [-0.2, 0) is 6.54 Å². The first-order chi connectivity index (χ1) is 8.62. The number of aliphatic hydroxyl groups excluding tert-OH is 1. The van der Waals surface area contributed by atoms with Gasteiger partial charge in [-0.1, -0.05) is 42.5 Å². The highest BCUT2D eigenvalue weighted by Crippen LogP contribution is 2.18. The van der Waals surface area contributed by atoms with Gasteiger partial charge in [-0.2, -0.15) is 0 Å². The molecule has 0 heterocycles. The summed E-state index contributed by atoms with van der Waals surface area (Å²) in [6.07, 6.45) is 0. The molecule has 0 bridgehead atoms. The molecule has 96 valence electrons. The van der Waals surface area contributed by atoms with Gasteiger partial charge in [-0.25, -0.2) is 0 Å². The monoisotopic (exact) mass is 245 g/mol. The highest BCUT2D eigenvalue weighted by atomic mass is 16.3. The van der Waals surface area contributed by atoms with Crippen molar-refractivity contribution < 1.29 is 10.2 Å². The van der Waals surface area contributed by atoms with Crippen LogP contribution in [0.5, 0.6) is 0 Å². The van der Waals surface area contributed by atoms with Gasteiger partial charge in [-0.05, 0) is 23.3 Å². The molecular formula is C15H19NO2. The third kappa shape index (κ3) is 3.07. The molecule has 2 aromatic rings. The lowest BCUT2D eigenvalue weighted by molar-refractivity contribution is 0.00255. The summed E-state index contributed by atoms with van der Waals surface area (Å²) < 4.78 is 0. The number of hydrogen-bond donors (Lipinski definition) is 3. The molecule has 2 rings (SSSR count). The van der Waals surface area contributed by atoms with Gasteiger partial charge in [0.2, 0.25) is 0 Å². The second kappa shape index (κ2) is 5.48. The fourth-order valence-electron chi connectivity index (χ4n) is 1.97. The zero-order chi connectivity index (χ0) is 13.0. The largest absolute Gasteiger partial charge is 0.393 e. The second-order valence-corrected chi connectivity index (χ2v) is 4.90. The number of rotatable bonds is 5. The highest BCUT2D eigenvalue weighted by Gasteiger charge is 2.17. The lowest BCUT2D eigenvalue weighted by atomic mass is 10.0. The van der Waals surface area contributed by atoms with Crippen LogP contribution in [0.3, 0.4) is 0 Å². The Bertz CT molecular complexity index is 517. The molecule has 1 unspecified atom stereocenters. The Morgan fingerprint density at radius 1 is 1.11 bits per heavy atom. The van der Waals surface area contributed by atoms with Gasteiger partial charge in [0.1, 0.15) is 0 Å². The van der Waals surface area contributed by atoms with Gasteiger partial charge in [0.15, 0.2) is 0 Å². The molecule has 1 atom stereocenters. The lowest BCUT2D eigenvalue weighted by Gasteiger charge is -2.21. The third-order valence-corrected chi connectivity index (χ3v) is 3.04. The number of fused-ring (bicyclic) bond motifs is 1. The molecule has 18 heavy (non-hydrogen) atoms. The third-order valence-electron chi connectivity index (χ3n) is 3.04. The Morgan fingerprint density at radius 3 is 2.61 bits per heavy atom. The van der Waals surface area contributed by atoms with Gasteiger partial charge in [0.05, 0.1) is 12.2 Å². The van der Waals surface area contributed by atoms with Crippen molar-refractivity contribution in [1.82, 2.24) is 5.32 Å². The van der Waals surface area contributed by atoms with Gasteiger partial charge < -0.3 is 15.5 Å². The van der Waals surface area contributed by atoms with Crippen molar-refractivity contribution in [3.63, 3.8) is 0 Å². The fraction of sp³-hybridized carbons (Fsp3) is 0.333. The first kappa shape index (κ1) is 13.0. The first-order valence-electron chi connectivity index (χ1n) is 6.13. The Labute approximate surface area is 107 Å². The van der Waals surface area contributed by atoms with Crippen molar-refractivity contribution >= 4 is 10.8 Å². The van der Waals surface area contributed by atoms with Crippen LogP contribution in [0.15, 0.2) is 42.5 Å². The average molecular weight is 245 g/mol. The molecule has 3 nitrogen and oxygen atoms in total. The van der Waals surface area contributed by atoms with Crippen LogP contribution in [0.25, 0.3) is 10.8 Å². The minimum absolute atomic E-state index is 0.241. The maximum absolute atomic E-state index is 9.70. The van der Waals surface area contributed by atoms with Crippen molar-refractivity contribution in [1.29, 1.82) is 0 Å². The van der Waals surface area contributed by atoms with E-state index in [1.165, 1.54) is 16.3 Å². The van der Waals surface area contributed by atoms with E-state index >= 15 is 0 Å². The molecule has 0 aliphatic rings. The van der Waals surface area contributed by atoms with E-state index in [1.807, 2.05) is 18.2 Å². The molecule has 0 saturated carbocycles. The van der Waals surface area contributed by atoms with Crippen LogP contribution in [0, 0.1) is 0 Å². The van der Waals surface area contributed by atoms with Crippen molar-refractivity contribution in [2.45, 2.75) is 19.1 Å². The van der Waals surface area contributed by atoms with Gasteiger partial charge in [0, 0.05) is 13.1 Å². The predicted molar refractivity (Wildman–Crippen MR) is 73.4 cm³/mol. The van der Waals surface area contributed by atoms with Crippen molar-refractivity contribution in [2.75, 3.05) is 13.2 Å². The normalized spacial score (nSPS) is 14.6. The Morgan fingerprint density at radius 2 is 1.83 bits per heavy atom. The van der Waals surface area contributed by atoms with E-state index < -0.39 is 5.60 Å². The summed E-state index contributed by atoms with van der Waals surface area (Å²) in [6.45, 7) is 2.42. The Hall–Kier alpha value is -1.42. The molecule has 0 fully saturated rings. The summed E-state index contributed by atoms with van der Waals surface area (Å²) in [7, 11) is 0. The molecule has 0 aliphatic heterocycles. The maximum atomic E-state index is 9.70. The van der Waals surface area contributed by atoms with E-state index in [2.05, 4.69) is 29.6 Å². The Balaban J connectivity index is 2.08. The lowest BCUT2D eigenvalue weighted by Crippen LogP contribution is -2.40. The van der Waals surface area contributed by atoms with Crippen LogP contribution < -0.4 is 5.32 Å². The fourth-order valence-corrected chi connectivity index (χ4v) is 1.97. The quantitative estimate of drug-likeness (QED) is 0.751. The topological polar surface area (TPSA) is 52.5 Å².